The Labute approximate surface area is 180 Å². The molecule has 0 saturated heterocycles. The van der Waals surface area contributed by atoms with Crippen molar-refractivity contribution in [2.45, 2.75) is 70.8 Å². The molecule has 1 heterocycles. The van der Waals surface area contributed by atoms with E-state index in [0.717, 1.165) is 31.1 Å². The van der Waals surface area contributed by atoms with Gasteiger partial charge >= 0.3 is 5.97 Å². The van der Waals surface area contributed by atoms with Crippen LogP contribution in [-0.2, 0) is 4.74 Å². The molecule has 0 N–H and O–H groups in total. The number of hydrogen-bond donors (Lipinski definition) is 0. The molecule has 0 spiro atoms. The van der Waals surface area contributed by atoms with Crippen molar-refractivity contribution in [3.63, 3.8) is 0 Å². The topological polar surface area (TPSA) is 39.2 Å². The number of allylic oxidation sites excluding steroid dienone is 2. The number of terminal acetylenes is 1. The van der Waals surface area contributed by atoms with Crippen LogP contribution in [0.1, 0.15) is 75.6 Å². The number of ether oxygens (including phenoxy) is 1. The molecular formula is C27H33NO2. The third-order valence-corrected chi connectivity index (χ3v) is 9.73. The number of esters is 1. The van der Waals surface area contributed by atoms with Crippen LogP contribution in [0.3, 0.4) is 0 Å². The highest BCUT2D eigenvalue weighted by atomic mass is 16.6. The highest BCUT2D eigenvalue weighted by molar-refractivity contribution is 5.89. The summed E-state index contributed by atoms with van der Waals surface area (Å²) in [7, 11) is 0. The molecule has 0 bridgehead atoms. The van der Waals surface area contributed by atoms with Crippen LogP contribution in [0, 0.1) is 46.8 Å². The molecule has 1 aromatic rings. The van der Waals surface area contributed by atoms with Gasteiger partial charge in [0.2, 0.25) is 0 Å². The summed E-state index contributed by atoms with van der Waals surface area (Å²) in [5, 5.41) is 0. The van der Waals surface area contributed by atoms with Crippen molar-refractivity contribution < 1.29 is 9.53 Å². The summed E-state index contributed by atoms with van der Waals surface area (Å²) in [6.45, 7) is 4.86. The Kier molecular flexibility index (Phi) is 4.62. The Bertz CT molecular complexity index is 901. The number of fused-ring (bicyclic) bond motifs is 5. The maximum atomic E-state index is 12.9. The van der Waals surface area contributed by atoms with Gasteiger partial charge in [-0.2, -0.15) is 0 Å². The number of nitrogens with zero attached hydrogens (tertiary/aromatic N) is 1. The molecule has 7 unspecified atom stereocenters. The molecule has 0 radical (unpaired) electrons. The fourth-order valence-electron chi connectivity index (χ4n) is 7.97. The van der Waals surface area contributed by atoms with Gasteiger partial charge in [-0.15, -0.1) is 6.42 Å². The summed E-state index contributed by atoms with van der Waals surface area (Å²) >= 11 is 0. The number of carbonyl (C=O) groups excluding carboxylic acids is 1. The van der Waals surface area contributed by atoms with E-state index < -0.39 is 5.60 Å². The Morgan fingerprint density at radius 2 is 2.00 bits per heavy atom. The molecule has 3 heteroatoms. The monoisotopic (exact) mass is 403 g/mol. The van der Waals surface area contributed by atoms with Gasteiger partial charge in [0.1, 0.15) is 0 Å². The molecule has 30 heavy (non-hydrogen) atoms. The molecule has 5 rings (SSSR count). The second kappa shape index (κ2) is 6.98. The second-order valence-corrected chi connectivity index (χ2v) is 10.7. The van der Waals surface area contributed by atoms with Crippen molar-refractivity contribution in [3.8, 4) is 12.3 Å². The fourth-order valence-corrected chi connectivity index (χ4v) is 7.97. The van der Waals surface area contributed by atoms with Gasteiger partial charge in [0, 0.05) is 17.8 Å². The van der Waals surface area contributed by atoms with Crippen molar-refractivity contribution in [1.29, 1.82) is 0 Å². The van der Waals surface area contributed by atoms with Crippen LogP contribution in [0.25, 0.3) is 0 Å². The lowest BCUT2D eigenvalue weighted by Crippen LogP contribution is -2.56. The van der Waals surface area contributed by atoms with Crippen molar-refractivity contribution in [2.75, 3.05) is 0 Å². The van der Waals surface area contributed by atoms with Crippen LogP contribution in [0.4, 0.5) is 0 Å². The van der Waals surface area contributed by atoms with E-state index in [4.69, 9.17) is 11.2 Å². The van der Waals surface area contributed by atoms with Crippen LogP contribution >= 0.6 is 0 Å². The maximum Gasteiger partial charge on any atom is 0.341 e. The summed E-state index contributed by atoms with van der Waals surface area (Å²) in [6, 6.07) is 3.52. The smallest absolute Gasteiger partial charge is 0.341 e. The zero-order valence-electron chi connectivity index (χ0n) is 18.3. The lowest BCUT2D eigenvalue weighted by molar-refractivity contribution is -0.129. The molecule has 0 aromatic carbocycles. The molecule has 4 aliphatic rings. The molecule has 3 nitrogen and oxygen atoms in total. The zero-order valence-corrected chi connectivity index (χ0v) is 18.3. The summed E-state index contributed by atoms with van der Waals surface area (Å²) in [6.07, 6.45) is 23.4. The van der Waals surface area contributed by atoms with E-state index in [1.54, 1.807) is 24.5 Å². The molecule has 4 aliphatic carbocycles. The fraction of sp³-hybridized carbons (Fsp3) is 0.630. The lowest BCUT2D eigenvalue weighted by Gasteiger charge is -2.60. The molecule has 1 aromatic heterocycles. The van der Waals surface area contributed by atoms with Crippen LogP contribution in [0.15, 0.2) is 36.7 Å². The molecular weight excluding hydrogens is 370 g/mol. The molecule has 0 amide bonds. The largest absolute Gasteiger partial charge is 0.442 e. The van der Waals surface area contributed by atoms with Crippen molar-refractivity contribution in [1.82, 2.24) is 4.98 Å². The molecule has 3 saturated carbocycles. The van der Waals surface area contributed by atoms with Crippen molar-refractivity contribution in [3.05, 3.63) is 42.2 Å². The molecule has 0 aliphatic heterocycles. The zero-order chi connectivity index (χ0) is 21.0. The molecule has 3 fully saturated rings. The van der Waals surface area contributed by atoms with Crippen molar-refractivity contribution in [2.24, 2.45) is 34.5 Å². The Morgan fingerprint density at radius 1 is 1.17 bits per heavy atom. The molecule has 158 valence electrons. The van der Waals surface area contributed by atoms with E-state index in [0.29, 0.717) is 22.8 Å². The minimum Gasteiger partial charge on any atom is -0.442 e. The third kappa shape index (κ3) is 2.65. The first-order chi connectivity index (χ1) is 14.4. The number of carbonyl (C=O) groups is 1. The van der Waals surface area contributed by atoms with Gasteiger partial charge in [0.15, 0.2) is 5.60 Å². The number of aromatic nitrogens is 1. The highest BCUT2D eigenvalue weighted by Gasteiger charge is 2.66. The van der Waals surface area contributed by atoms with Crippen molar-refractivity contribution >= 4 is 5.97 Å². The predicted molar refractivity (Wildman–Crippen MR) is 117 cm³/mol. The quantitative estimate of drug-likeness (QED) is 0.355. The summed E-state index contributed by atoms with van der Waals surface area (Å²) in [5.74, 6) is 5.50. The van der Waals surface area contributed by atoms with E-state index >= 15 is 0 Å². The Balaban J connectivity index is 1.44. The van der Waals surface area contributed by atoms with Gasteiger partial charge < -0.3 is 4.74 Å². The van der Waals surface area contributed by atoms with E-state index in [9.17, 15) is 4.79 Å². The standard InChI is InChI=1S/C27H33NO2/c1-4-27(30-24(29)19-8-7-17-28-18-19)16-13-23-21-11-10-20-9-5-6-14-25(20,2)22(21)12-15-26(23,27)3/h1,5-8,17-18,20-23H,9-16H2,2-3H3. The first-order valence-corrected chi connectivity index (χ1v) is 11.7. The maximum absolute atomic E-state index is 12.9. The predicted octanol–water partition coefficient (Wildman–Crippen LogP) is 5.82. The van der Waals surface area contributed by atoms with Gasteiger partial charge in [-0.25, -0.2) is 4.79 Å². The summed E-state index contributed by atoms with van der Waals surface area (Å²) < 4.78 is 6.19. The normalized spacial score (nSPS) is 44.3. The van der Waals surface area contributed by atoms with Crippen LogP contribution < -0.4 is 0 Å². The van der Waals surface area contributed by atoms with E-state index in [1.807, 2.05) is 0 Å². The van der Waals surface area contributed by atoms with Crippen LogP contribution in [0.5, 0.6) is 0 Å². The van der Waals surface area contributed by atoms with Crippen LogP contribution in [0.2, 0.25) is 0 Å². The van der Waals surface area contributed by atoms with Gasteiger partial charge in [0.05, 0.1) is 5.56 Å². The third-order valence-electron chi connectivity index (χ3n) is 9.73. The Hall–Kier alpha value is -2.08. The summed E-state index contributed by atoms with van der Waals surface area (Å²) in [5.41, 5.74) is -0.0454. The highest BCUT2D eigenvalue weighted by Crippen LogP contribution is 2.68. The average molecular weight is 404 g/mol. The summed E-state index contributed by atoms with van der Waals surface area (Å²) in [4.78, 5) is 17.0. The second-order valence-electron chi connectivity index (χ2n) is 10.7. The SMILES string of the molecule is C#CC1(OC(=O)c2cccnc2)CCC2C3CCC4CC=CCC4(C)C3CCC21C. The number of hydrogen-bond acceptors (Lipinski definition) is 3. The minimum absolute atomic E-state index is 0.144. The van der Waals surface area contributed by atoms with E-state index in [1.165, 1.54) is 32.1 Å². The average Bonchev–Trinajstić information content (AvgIpc) is 3.06. The lowest BCUT2D eigenvalue weighted by atomic mass is 9.45. The number of pyridine rings is 1. The van der Waals surface area contributed by atoms with E-state index in [2.05, 4.69) is 36.9 Å². The van der Waals surface area contributed by atoms with Gasteiger partial charge in [-0.05, 0) is 92.6 Å². The van der Waals surface area contributed by atoms with Gasteiger partial charge in [-0.3, -0.25) is 4.98 Å². The minimum atomic E-state index is -0.806. The first kappa shape index (κ1) is 19.9. The van der Waals surface area contributed by atoms with Gasteiger partial charge in [-0.1, -0.05) is 31.9 Å². The Morgan fingerprint density at radius 3 is 2.77 bits per heavy atom. The van der Waals surface area contributed by atoms with E-state index in [-0.39, 0.29) is 11.4 Å². The van der Waals surface area contributed by atoms with Crippen LogP contribution in [-0.4, -0.2) is 16.6 Å². The first-order valence-electron chi connectivity index (χ1n) is 11.7. The number of rotatable bonds is 2. The van der Waals surface area contributed by atoms with Gasteiger partial charge in [0.25, 0.3) is 0 Å². The molecule has 7 atom stereocenters.